The number of aromatic nitrogens is 2. The standard InChI is InChI=1S/C19H18BrClN2O2/c1-13-10-15(20)18(16(21)11-13)25-9-5-4-8-23-12-22-17-7-3-2-6-14(17)19(23)24/h2-3,6-7,10-12H,4-5,8-9H2,1H3. The summed E-state index contributed by atoms with van der Waals surface area (Å²) in [6.07, 6.45) is 3.25. The summed E-state index contributed by atoms with van der Waals surface area (Å²) in [6, 6.07) is 11.2. The maximum atomic E-state index is 12.4. The van der Waals surface area contributed by atoms with Gasteiger partial charge in [-0.3, -0.25) is 9.36 Å². The van der Waals surface area contributed by atoms with Gasteiger partial charge in [0.05, 0.1) is 33.3 Å². The van der Waals surface area contributed by atoms with Crippen LogP contribution in [-0.2, 0) is 6.54 Å². The van der Waals surface area contributed by atoms with Gasteiger partial charge in [0.25, 0.3) is 5.56 Å². The first kappa shape index (κ1) is 18.0. The number of fused-ring (bicyclic) bond motifs is 1. The molecule has 0 radical (unpaired) electrons. The Labute approximate surface area is 159 Å². The number of ether oxygens (including phenoxy) is 1. The Balaban J connectivity index is 1.56. The van der Waals surface area contributed by atoms with Gasteiger partial charge in [0.1, 0.15) is 0 Å². The van der Waals surface area contributed by atoms with Crippen molar-refractivity contribution in [3.8, 4) is 5.75 Å². The van der Waals surface area contributed by atoms with Crippen LogP contribution in [0.2, 0.25) is 5.02 Å². The Morgan fingerprint density at radius 3 is 2.84 bits per heavy atom. The van der Waals surface area contributed by atoms with Crippen LogP contribution in [0, 0.1) is 6.92 Å². The van der Waals surface area contributed by atoms with Crippen molar-refractivity contribution >= 4 is 38.4 Å². The van der Waals surface area contributed by atoms with Crippen LogP contribution in [0.4, 0.5) is 0 Å². The molecule has 0 saturated carbocycles. The topological polar surface area (TPSA) is 44.1 Å². The van der Waals surface area contributed by atoms with Gasteiger partial charge in [-0.25, -0.2) is 4.98 Å². The first-order valence-corrected chi connectivity index (χ1v) is 9.26. The van der Waals surface area contributed by atoms with Crippen molar-refractivity contribution in [1.29, 1.82) is 0 Å². The van der Waals surface area contributed by atoms with E-state index < -0.39 is 0 Å². The third kappa shape index (κ3) is 4.22. The predicted octanol–water partition coefficient (Wildman–Crippen LogP) is 4.98. The van der Waals surface area contributed by atoms with Crippen molar-refractivity contribution in [3.63, 3.8) is 0 Å². The van der Waals surface area contributed by atoms with E-state index >= 15 is 0 Å². The van der Waals surface area contributed by atoms with Gasteiger partial charge in [-0.05, 0) is 65.5 Å². The lowest BCUT2D eigenvalue weighted by atomic mass is 10.2. The molecule has 130 valence electrons. The van der Waals surface area contributed by atoms with Crippen molar-refractivity contribution in [3.05, 3.63) is 68.1 Å². The molecule has 0 bridgehead atoms. The van der Waals surface area contributed by atoms with Crippen molar-refractivity contribution < 1.29 is 4.74 Å². The zero-order valence-corrected chi connectivity index (χ0v) is 16.2. The second-order valence-electron chi connectivity index (χ2n) is 5.87. The van der Waals surface area contributed by atoms with Gasteiger partial charge in [0, 0.05) is 6.54 Å². The van der Waals surface area contributed by atoms with Gasteiger partial charge < -0.3 is 4.74 Å². The molecule has 0 fully saturated rings. The molecule has 6 heteroatoms. The third-order valence-corrected chi connectivity index (χ3v) is 4.78. The van der Waals surface area contributed by atoms with E-state index in [1.54, 1.807) is 17.0 Å². The van der Waals surface area contributed by atoms with Crippen LogP contribution in [0.1, 0.15) is 18.4 Å². The molecule has 3 rings (SSSR count). The Bertz CT molecular complexity index is 933. The second kappa shape index (κ2) is 8.02. The van der Waals surface area contributed by atoms with Crippen molar-refractivity contribution in [1.82, 2.24) is 9.55 Å². The zero-order valence-electron chi connectivity index (χ0n) is 13.8. The third-order valence-electron chi connectivity index (χ3n) is 3.91. The SMILES string of the molecule is Cc1cc(Cl)c(OCCCCn2cnc3ccccc3c2=O)c(Br)c1. The highest BCUT2D eigenvalue weighted by Gasteiger charge is 2.08. The van der Waals surface area contributed by atoms with Crippen LogP contribution in [0.3, 0.4) is 0 Å². The molecular weight excluding hydrogens is 404 g/mol. The van der Waals surface area contributed by atoms with Gasteiger partial charge in [-0.1, -0.05) is 23.7 Å². The number of benzene rings is 2. The quantitative estimate of drug-likeness (QED) is 0.527. The molecule has 1 aromatic heterocycles. The molecule has 1 heterocycles. The summed E-state index contributed by atoms with van der Waals surface area (Å²) in [4.78, 5) is 16.7. The largest absolute Gasteiger partial charge is 0.491 e. The van der Waals surface area contributed by atoms with Crippen LogP contribution < -0.4 is 10.3 Å². The highest BCUT2D eigenvalue weighted by Crippen LogP contribution is 2.34. The lowest BCUT2D eigenvalue weighted by Crippen LogP contribution is -2.20. The molecule has 0 spiro atoms. The fraction of sp³-hybridized carbons (Fsp3) is 0.263. The Kier molecular flexibility index (Phi) is 5.76. The fourth-order valence-corrected chi connectivity index (χ4v) is 3.78. The molecule has 0 atom stereocenters. The van der Waals surface area contributed by atoms with Crippen molar-refractivity contribution in [2.24, 2.45) is 0 Å². The zero-order chi connectivity index (χ0) is 17.8. The second-order valence-corrected chi connectivity index (χ2v) is 7.14. The Morgan fingerprint density at radius 2 is 2.04 bits per heavy atom. The van der Waals surface area contributed by atoms with E-state index in [9.17, 15) is 4.79 Å². The molecule has 0 aliphatic carbocycles. The Morgan fingerprint density at radius 1 is 1.24 bits per heavy atom. The first-order chi connectivity index (χ1) is 12.1. The van der Waals surface area contributed by atoms with Gasteiger partial charge >= 0.3 is 0 Å². The first-order valence-electron chi connectivity index (χ1n) is 8.09. The maximum absolute atomic E-state index is 12.4. The summed E-state index contributed by atoms with van der Waals surface area (Å²) in [5.74, 6) is 0.664. The Hall–Kier alpha value is -1.85. The van der Waals surface area contributed by atoms with Crippen molar-refractivity contribution in [2.45, 2.75) is 26.3 Å². The summed E-state index contributed by atoms with van der Waals surface area (Å²) in [6.45, 7) is 3.13. The van der Waals surface area contributed by atoms with Crippen LogP contribution in [0.15, 0.2) is 52.0 Å². The summed E-state index contributed by atoms with van der Waals surface area (Å²) >= 11 is 9.68. The minimum absolute atomic E-state index is 0.00385. The summed E-state index contributed by atoms with van der Waals surface area (Å²) in [5, 5.41) is 1.25. The van der Waals surface area contributed by atoms with Crippen molar-refractivity contribution in [2.75, 3.05) is 6.61 Å². The van der Waals surface area contributed by atoms with E-state index in [1.165, 1.54) is 0 Å². The van der Waals surface area contributed by atoms with E-state index in [0.717, 1.165) is 28.4 Å². The number of hydrogen-bond donors (Lipinski definition) is 0. The van der Waals surface area contributed by atoms with Crippen LogP contribution in [-0.4, -0.2) is 16.2 Å². The van der Waals surface area contributed by atoms with Gasteiger partial charge in [0.15, 0.2) is 5.75 Å². The monoisotopic (exact) mass is 420 g/mol. The molecule has 2 aromatic carbocycles. The van der Waals surface area contributed by atoms with Gasteiger partial charge in [-0.2, -0.15) is 0 Å². The normalized spacial score (nSPS) is 11.0. The number of unbranched alkanes of at least 4 members (excludes halogenated alkanes) is 1. The molecule has 0 aliphatic rings. The smallest absolute Gasteiger partial charge is 0.261 e. The van der Waals surface area contributed by atoms with Crippen LogP contribution in [0.5, 0.6) is 5.75 Å². The fourth-order valence-electron chi connectivity index (χ4n) is 2.65. The summed E-state index contributed by atoms with van der Waals surface area (Å²) in [7, 11) is 0. The number of nitrogens with zero attached hydrogens (tertiary/aromatic N) is 2. The molecule has 3 aromatic rings. The average Bonchev–Trinajstić information content (AvgIpc) is 2.58. The number of para-hydroxylation sites is 1. The predicted molar refractivity (Wildman–Crippen MR) is 105 cm³/mol. The van der Waals surface area contributed by atoms with Crippen LogP contribution in [0.25, 0.3) is 10.9 Å². The summed E-state index contributed by atoms with van der Waals surface area (Å²) in [5.41, 5.74) is 1.80. The molecule has 0 unspecified atom stereocenters. The van der Waals surface area contributed by atoms with E-state index in [-0.39, 0.29) is 5.56 Å². The minimum Gasteiger partial charge on any atom is -0.491 e. The number of aryl methyl sites for hydroxylation is 2. The maximum Gasteiger partial charge on any atom is 0.261 e. The average molecular weight is 422 g/mol. The number of rotatable bonds is 6. The van der Waals surface area contributed by atoms with Crippen LogP contribution >= 0.6 is 27.5 Å². The molecule has 4 nitrogen and oxygen atoms in total. The lowest BCUT2D eigenvalue weighted by molar-refractivity contribution is 0.301. The number of halogens is 2. The van der Waals surface area contributed by atoms with Gasteiger partial charge in [0.2, 0.25) is 0 Å². The number of hydrogen-bond acceptors (Lipinski definition) is 3. The highest BCUT2D eigenvalue weighted by molar-refractivity contribution is 9.10. The van der Waals surface area contributed by atoms with E-state index in [0.29, 0.717) is 29.3 Å². The molecule has 0 amide bonds. The lowest BCUT2D eigenvalue weighted by Gasteiger charge is -2.11. The highest BCUT2D eigenvalue weighted by atomic mass is 79.9. The molecule has 0 N–H and O–H groups in total. The van der Waals surface area contributed by atoms with E-state index in [4.69, 9.17) is 16.3 Å². The molecule has 0 saturated heterocycles. The molecule has 25 heavy (non-hydrogen) atoms. The van der Waals surface area contributed by atoms with E-state index in [1.807, 2.05) is 37.3 Å². The summed E-state index contributed by atoms with van der Waals surface area (Å²) < 4.78 is 8.28. The van der Waals surface area contributed by atoms with Gasteiger partial charge in [-0.15, -0.1) is 0 Å². The molecular formula is C19H18BrClN2O2. The minimum atomic E-state index is -0.00385. The van der Waals surface area contributed by atoms with E-state index in [2.05, 4.69) is 20.9 Å². The molecule has 0 aliphatic heterocycles.